The highest BCUT2D eigenvalue weighted by Crippen LogP contribution is 2.36. The number of hydrogen-bond acceptors (Lipinski definition) is 3. The monoisotopic (exact) mass is 275 g/mol. The summed E-state index contributed by atoms with van der Waals surface area (Å²) in [4.78, 5) is 1.95. The van der Waals surface area contributed by atoms with Gasteiger partial charge in [-0.15, -0.1) is 0 Å². The average molecular weight is 275 g/mol. The molecule has 0 amide bonds. The van der Waals surface area contributed by atoms with Gasteiger partial charge in [0, 0.05) is 23.5 Å². The van der Waals surface area contributed by atoms with Gasteiger partial charge in [0.2, 0.25) is 0 Å². The molecule has 3 nitrogen and oxygen atoms in total. The average Bonchev–Trinajstić information content (AvgIpc) is 2.26. The molecule has 0 aliphatic carbocycles. The van der Waals surface area contributed by atoms with E-state index in [2.05, 4.69) is 5.32 Å². The normalized spacial score (nSPS) is 12.8. The van der Waals surface area contributed by atoms with E-state index in [1.165, 1.54) is 12.1 Å². The van der Waals surface area contributed by atoms with E-state index in [4.69, 9.17) is 5.73 Å². The first-order valence-corrected chi connectivity index (χ1v) is 5.92. The van der Waals surface area contributed by atoms with Gasteiger partial charge in [0.1, 0.15) is 0 Å². The van der Waals surface area contributed by atoms with Crippen molar-refractivity contribution in [1.82, 2.24) is 4.90 Å². The maximum Gasteiger partial charge on any atom is 0.418 e. The third-order valence-electron chi connectivity index (χ3n) is 3.27. The van der Waals surface area contributed by atoms with Crippen LogP contribution in [0, 0.1) is 0 Å². The van der Waals surface area contributed by atoms with Gasteiger partial charge in [0.15, 0.2) is 0 Å². The first kappa shape index (κ1) is 15.6. The molecule has 0 radical (unpaired) electrons. The van der Waals surface area contributed by atoms with Crippen LogP contribution < -0.4 is 11.1 Å². The zero-order chi connectivity index (χ0) is 14.8. The van der Waals surface area contributed by atoms with Crippen LogP contribution in [-0.4, -0.2) is 31.1 Å². The fraction of sp³-hybridized carbons (Fsp3) is 0.538. The Balaban J connectivity index is 2.96. The number of benzene rings is 1. The van der Waals surface area contributed by atoms with Crippen molar-refractivity contribution in [1.29, 1.82) is 0 Å². The van der Waals surface area contributed by atoms with Crippen molar-refractivity contribution in [2.45, 2.75) is 25.6 Å². The second-order valence-electron chi connectivity index (χ2n) is 5.36. The lowest BCUT2D eigenvalue weighted by atomic mass is 10.0. The van der Waals surface area contributed by atoms with Gasteiger partial charge in [0.25, 0.3) is 0 Å². The van der Waals surface area contributed by atoms with Crippen LogP contribution in [0.2, 0.25) is 0 Å². The summed E-state index contributed by atoms with van der Waals surface area (Å²) >= 11 is 0. The van der Waals surface area contributed by atoms with Crippen molar-refractivity contribution in [2.75, 3.05) is 31.7 Å². The first-order valence-electron chi connectivity index (χ1n) is 5.92. The zero-order valence-corrected chi connectivity index (χ0v) is 11.6. The van der Waals surface area contributed by atoms with Gasteiger partial charge in [-0.25, -0.2) is 0 Å². The number of nitrogens with one attached hydrogen (secondary N) is 1. The lowest BCUT2D eigenvalue weighted by Crippen LogP contribution is -2.44. The molecule has 0 unspecified atom stereocenters. The minimum Gasteiger partial charge on any atom is -0.399 e. The van der Waals surface area contributed by atoms with Crippen LogP contribution in [0.3, 0.4) is 0 Å². The molecular weight excluding hydrogens is 255 g/mol. The summed E-state index contributed by atoms with van der Waals surface area (Å²) < 4.78 is 38.7. The molecule has 0 bridgehead atoms. The van der Waals surface area contributed by atoms with Crippen molar-refractivity contribution in [3.05, 3.63) is 23.8 Å². The number of anilines is 2. The lowest BCUT2D eigenvalue weighted by molar-refractivity contribution is -0.136. The first-order chi connectivity index (χ1) is 8.54. The van der Waals surface area contributed by atoms with Crippen molar-refractivity contribution < 1.29 is 13.2 Å². The van der Waals surface area contributed by atoms with Gasteiger partial charge in [-0.05, 0) is 46.1 Å². The smallest absolute Gasteiger partial charge is 0.399 e. The van der Waals surface area contributed by atoms with Crippen LogP contribution in [0.5, 0.6) is 0 Å². The molecule has 3 N–H and O–H groups in total. The Bertz CT molecular complexity index is 439. The summed E-state index contributed by atoms with van der Waals surface area (Å²) in [7, 11) is 3.77. The van der Waals surface area contributed by atoms with Gasteiger partial charge < -0.3 is 16.0 Å². The van der Waals surface area contributed by atoms with Gasteiger partial charge in [-0.2, -0.15) is 13.2 Å². The van der Waals surface area contributed by atoms with Crippen molar-refractivity contribution in [3.63, 3.8) is 0 Å². The fourth-order valence-corrected chi connectivity index (χ4v) is 1.42. The summed E-state index contributed by atoms with van der Waals surface area (Å²) in [6, 6.07) is 3.77. The van der Waals surface area contributed by atoms with Gasteiger partial charge >= 0.3 is 6.18 Å². The number of halogens is 3. The molecule has 1 aromatic carbocycles. The molecule has 6 heteroatoms. The standard InChI is InChI=1S/C13H20F3N3/c1-12(2,19(3)4)8-18-11-6-5-9(17)7-10(11)13(14,15)16/h5-7,18H,8,17H2,1-4H3. The highest BCUT2D eigenvalue weighted by molar-refractivity contribution is 5.59. The molecule has 0 saturated carbocycles. The SMILES string of the molecule is CN(C)C(C)(C)CNc1ccc(N)cc1C(F)(F)F. The van der Waals surface area contributed by atoms with E-state index in [0.717, 1.165) is 6.07 Å². The maximum atomic E-state index is 12.9. The van der Waals surface area contributed by atoms with E-state index in [1.807, 2.05) is 32.8 Å². The van der Waals surface area contributed by atoms with E-state index >= 15 is 0 Å². The topological polar surface area (TPSA) is 41.3 Å². The van der Waals surface area contributed by atoms with Crippen LogP contribution in [0.15, 0.2) is 18.2 Å². The summed E-state index contributed by atoms with van der Waals surface area (Å²) in [5, 5.41) is 2.85. The second kappa shape index (κ2) is 5.28. The predicted molar refractivity (Wildman–Crippen MR) is 72.1 cm³/mol. The van der Waals surface area contributed by atoms with Crippen LogP contribution >= 0.6 is 0 Å². The van der Waals surface area contributed by atoms with Crippen LogP contribution in [0.1, 0.15) is 19.4 Å². The maximum absolute atomic E-state index is 12.9. The largest absolute Gasteiger partial charge is 0.418 e. The molecule has 0 atom stereocenters. The molecular formula is C13H20F3N3. The number of hydrogen-bond donors (Lipinski definition) is 2. The van der Waals surface area contributed by atoms with Crippen molar-refractivity contribution in [2.24, 2.45) is 0 Å². The molecule has 0 aromatic heterocycles. The van der Waals surface area contributed by atoms with E-state index < -0.39 is 11.7 Å². The molecule has 0 heterocycles. The number of nitrogen functional groups attached to an aromatic ring is 1. The Morgan fingerprint density at radius 2 is 1.79 bits per heavy atom. The van der Waals surface area contributed by atoms with Crippen molar-refractivity contribution in [3.8, 4) is 0 Å². The molecule has 19 heavy (non-hydrogen) atoms. The number of nitrogens with zero attached hydrogens (tertiary/aromatic N) is 1. The molecule has 0 fully saturated rings. The fourth-order valence-electron chi connectivity index (χ4n) is 1.42. The van der Waals surface area contributed by atoms with Crippen molar-refractivity contribution >= 4 is 11.4 Å². The number of rotatable bonds is 4. The summed E-state index contributed by atoms with van der Waals surface area (Å²) in [5.74, 6) is 0. The van der Waals surface area contributed by atoms with Gasteiger partial charge in [-0.3, -0.25) is 0 Å². The number of nitrogens with two attached hydrogens (primary N) is 1. The van der Waals surface area contributed by atoms with Gasteiger partial charge in [0.05, 0.1) is 5.56 Å². The van der Waals surface area contributed by atoms with E-state index in [1.54, 1.807) is 0 Å². The number of alkyl halides is 3. The Morgan fingerprint density at radius 3 is 2.26 bits per heavy atom. The summed E-state index contributed by atoms with van der Waals surface area (Å²) in [6.07, 6.45) is -4.42. The lowest BCUT2D eigenvalue weighted by Gasteiger charge is -2.33. The minimum absolute atomic E-state index is 0.0524. The molecule has 1 aromatic rings. The third-order valence-corrected chi connectivity index (χ3v) is 3.27. The molecule has 0 aliphatic rings. The predicted octanol–water partition coefficient (Wildman–Crippen LogP) is 3.04. The Morgan fingerprint density at radius 1 is 1.21 bits per heavy atom. The Hall–Kier alpha value is -1.43. The number of likely N-dealkylation sites (N-methyl/N-ethyl adjacent to an activating group) is 1. The minimum atomic E-state index is -4.42. The van der Waals surface area contributed by atoms with Gasteiger partial charge in [-0.1, -0.05) is 0 Å². The molecule has 1 rings (SSSR count). The van der Waals surface area contributed by atoms with Crippen LogP contribution in [0.4, 0.5) is 24.5 Å². The van der Waals surface area contributed by atoms with Crippen LogP contribution in [0.25, 0.3) is 0 Å². The third kappa shape index (κ3) is 4.02. The quantitative estimate of drug-likeness (QED) is 0.830. The second-order valence-corrected chi connectivity index (χ2v) is 5.36. The summed E-state index contributed by atoms with van der Waals surface area (Å²) in [5.41, 5.74) is 4.58. The highest BCUT2D eigenvalue weighted by Gasteiger charge is 2.34. The summed E-state index contributed by atoms with van der Waals surface area (Å²) in [6.45, 7) is 4.29. The van der Waals surface area contributed by atoms with E-state index in [-0.39, 0.29) is 16.9 Å². The molecule has 108 valence electrons. The Labute approximate surface area is 111 Å². The highest BCUT2D eigenvalue weighted by atomic mass is 19.4. The Kier molecular flexibility index (Phi) is 4.35. The molecule has 0 saturated heterocycles. The molecule has 0 aliphatic heterocycles. The van der Waals surface area contributed by atoms with Crippen LogP contribution in [-0.2, 0) is 6.18 Å². The van der Waals surface area contributed by atoms with E-state index in [0.29, 0.717) is 6.54 Å². The zero-order valence-electron chi connectivity index (χ0n) is 11.6. The molecule has 0 spiro atoms. The van der Waals surface area contributed by atoms with E-state index in [9.17, 15) is 13.2 Å².